The lowest BCUT2D eigenvalue weighted by atomic mass is 9.69. The lowest BCUT2D eigenvalue weighted by Gasteiger charge is -2.40. The maximum atomic E-state index is 11.4. The molecule has 0 aliphatic heterocycles. The molecule has 1 N–H and O–H groups in total. The van der Waals surface area contributed by atoms with Crippen LogP contribution in [-0.2, 0) is 10.3 Å². The SMILES string of the molecule is COC(=O)c1ccc(C2(O)CCCC(C)C2C)o1. The summed E-state index contributed by atoms with van der Waals surface area (Å²) in [6.45, 7) is 4.17. The molecule has 18 heavy (non-hydrogen) atoms. The molecule has 100 valence electrons. The second kappa shape index (κ2) is 4.76. The Balaban J connectivity index is 2.29. The van der Waals surface area contributed by atoms with E-state index in [9.17, 15) is 9.90 Å². The van der Waals surface area contributed by atoms with Crippen molar-refractivity contribution in [3.8, 4) is 0 Å². The van der Waals surface area contributed by atoms with Crippen LogP contribution in [0.15, 0.2) is 16.5 Å². The highest BCUT2D eigenvalue weighted by Crippen LogP contribution is 2.44. The van der Waals surface area contributed by atoms with Crippen LogP contribution in [0.2, 0.25) is 0 Å². The van der Waals surface area contributed by atoms with Crippen molar-refractivity contribution in [1.29, 1.82) is 0 Å². The molecule has 0 amide bonds. The zero-order valence-electron chi connectivity index (χ0n) is 11.1. The number of methoxy groups -OCH3 is 1. The first-order chi connectivity index (χ1) is 8.49. The Hall–Kier alpha value is -1.29. The highest BCUT2D eigenvalue weighted by atomic mass is 16.5. The van der Waals surface area contributed by atoms with Crippen molar-refractivity contribution in [2.45, 2.75) is 38.7 Å². The van der Waals surface area contributed by atoms with Gasteiger partial charge in [0.2, 0.25) is 5.76 Å². The van der Waals surface area contributed by atoms with Crippen LogP contribution < -0.4 is 0 Å². The van der Waals surface area contributed by atoms with Crippen LogP contribution in [0.4, 0.5) is 0 Å². The lowest BCUT2D eigenvalue weighted by Crippen LogP contribution is -2.40. The number of ether oxygens (including phenoxy) is 1. The number of hydrogen-bond donors (Lipinski definition) is 1. The van der Waals surface area contributed by atoms with E-state index >= 15 is 0 Å². The fraction of sp³-hybridized carbons (Fsp3) is 0.643. The van der Waals surface area contributed by atoms with Gasteiger partial charge in [-0.05, 0) is 36.8 Å². The average molecular weight is 252 g/mol. The Labute approximate surface area is 107 Å². The lowest BCUT2D eigenvalue weighted by molar-refractivity contribution is -0.0843. The van der Waals surface area contributed by atoms with Gasteiger partial charge >= 0.3 is 5.97 Å². The van der Waals surface area contributed by atoms with E-state index in [0.29, 0.717) is 18.1 Å². The van der Waals surface area contributed by atoms with E-state index in [0.717, 1.165) is 12.8 Å². The number of furan rings is 1. The number of carbonyl (C=O) groups excluding carboxylic acids is 1. The summed E-state index contributed by atoms with van der Waals surface area (Å²) >= 11 is 0. The normalized spacial score (nSPS) is 32.2. The maximum absolute atomic E-state index is 11.4. The fourth-order valence-electron chi connectivity index (χ4n) is 2.77. The van der Waals surface area contributed by atoms with Gasteiger partial charge in [0.1, 0.15) is 11.4 Å². The van der Waals surface area contributed by atoms with E-state index in [1.165, 1.54) is 7.11 Å². The molecular formula is C14H20O4. The Kier molecular flexibility index (Phi) is 3.48. The molecule has 4 nitrogen and oxygen atoms in total. The minimum atomic E-state index is -0.968. The molecule has 2 rings (SSSR count). The molecule has 4 heteroatoms. The van der Waals surface area contributed by atoms with Crippen molar-refractivity contribution in [2.75, 3.05) is 7.11 Å². The first kappa shape index (κ1) is 13.1. The zero-order chi connectivity index (χ0) is 13.3. The highest BCUT2D eigenvalue weighted by molar-refractivity contribution is 5.86. The molecule has 1 aromatic rings. The van der Waals surface area contributed by atoms with E-state index in [2.05, 4.69) is 11.7 Å². The van der Waals surface area contributed by atoms with Crippen molar-refractivity contribution in [3.05, 3.63) is 23.7 Å². The number of aliphatic hydroxyl groups is 1. The van der Waals surface area contributed by atoms with Gasteiger partial charge in [-0.2, -0.15) is 0 Å². The van der Waals surface area contributed by atoms with Gasteiger partial charge in [-0.15, -0.1) is 0 Å². The molecule has 0 spiro atoms. The van der Waals surface area contributed by atoms with Crippen LogP contribution in [-0.4, -0.2) is 18.2 Å². The van der Waals surface area contributed by atoms with Gasteiger partial charge in [-0.1, -0.05) is 20.3 Å². The largest absolute Gasteiger partial charge is 0.463 e. The van der Waals surface area contributed by atoms with Crippen LogP contribution >= 0.6 is 0 Å². The van der Waals surface area contributed by atoms with Gasteiger partial charge in [0.15, 0.2) is 0 Å². The van der Waals surface area contributed by atoms with Crippen LogP contribution in [0.1, 0.15) is 49.4 Å². The summed E-state index contributed by atoms with van der Waals surface area (Å²) in [7, 11) is 1.31. The van der Waals surface area contributed by atoms with Crippen LogP contribution in [0.3, 0.4) is 0 Å². The Morgan fingerprint density at radius 3 is 2.89 bits per heavy atom. The summed E-state index contributed by atoms with van der Waals surface area (Å²) in [6.07, 6.45) is 2.76. The van der Waals surface area contributed by atoms with E-state index < -0.39 is 11.6 Å². The van der Waals surface area contributed by atoms with Gasteiger partial charge in [-0.3, -0.25) is 0 Å². The van der Waals surface area contributed by atoms with Crippen LogP contribution in [0.25, 0.3) is 0 Å². The number of carbonyl (C=O) groups is 1. The first-order valence-corrected chi connectivity index (χ1v) is 6.40. The van der Waals surface area contributed by atoms with Gasteiger partial charge in [0.05, 0.1) is 7.11 Å². The van der Waals surface area contributed by atoms with Gasteiger partial charge in [-0.25, -0.2) is 4.79 Å². The Morgan fingerprint density at radius 1 is 1.50 bits per heavy atom. The number of esters is 1. The summed E-state index contributed by atoms with van der Waals surface area (Å²) in [4.78, 5) is 11.4. The van der Waals surface area contributed by atoms with Gasteiger partial charge < -0.3 is 14.3 Å². The zero-order valence-corrected chi connectivity index (χ0v) is 11.1. The minimum absolute atomic E-state index is 0.114. The second-order valence-electron chi connectivity index (χ2n) is 5.24. The summed E-state index contributed by atoms with van der Waals surface area (Å²) in [5.41, 5.74) is -0.968. The molecule has 0 saturated heterocycles. The topological polar surface area (TPSA) is 59.7 Å². The molecule has 3 atom stereocenters. The average Bonchev–Trinajstić information content (AvgIpc) is 2.85. The molecule has 1 fully saturated rings. The molecule has 1 aliphatic rings. The standard InChI is InChI=1S/C14H20O4/c1-9-5-4-8-14(16,10(9)2)12-7-6-11(18-12)13(15)17-3/h6-7,9-10,16H,4-5,8H2,1-3H3. The molecule has 0 bridgehead atoms. The Bertz CT molecular complexity index is 437. The van der Waals surface area contributed by atoms with Crippen molar-refractivity contribution in [1.82, 2.24) is 0 Å². The summed E-state index contributed by atoms with van der Waals surface area (Å²) in [5, 5.41) is 10.8. The van der Waals surface area contributed by atoms with E-state index in [1.807, 2.05) is 6.92 Å². The molecule has 1 aromatic heterocycles. The number of rotatable bonds is 2. The fourth-order valence-corrected chi connectivity index (χ4v) is 2.77. The monoisotopic (exact) mass is 252 g/mol. The van der Waals surface area contributed by atoms with Crippen molar-refractivity contribution in [2.24, 2.45) is 11.8 Å². The summed E-state index contributed by atoms with van der Waals surface area (Å²) in [5.74, 6) is 0.660. The van der Waals surface area contributed by atoms with E-state index in [-0.39, 0.29) is 11.7 Å². The van der Waals surface area contributed by atoms with E-state index in [1.54, 1.807) is 12.1 Å². The van der Waals surface area contributed by atoms with Crippen molar-refractivity contribution < 1.29 is 19.1 Å². The molecule has 1 saturated carbocycles. The minimum Gasteiger partial charge on any atom is -0.463 e. The third kappa shape index (κ3) is 2.05. The maximum Gasteiger partial charge on any atom is 0.373 e. The summed E-state index contributed by atoms with van der Waals surface area (Å²) in [6, 6.07) is 3.24. The second-order valence-corrected chi connectivity index (χ2v) is 5.24. The smallest absolute Gasteiger partial charge is 0.373 e. The molecule has 0 radical (unpaired) electrons. The first-order valence-electron chi connectivity index (χ1n) is 6.40. The molecule has 0 aromatic carbocycles. The van der Waals surface area contributed by atoms with Crippen molar-refractivity contribution in [3.63, 3.8) is 0 Å². The third-order valence-electron chi connectivity index (χ3n) is 4.24. The predicted molar refractivity (Wildman–Crippen MR) is 66.1 cm³/mol. The third-order valence-corrected chi connectivity index (χ3v) is 4.24. The quantitative estimate of drug-likeness (QED) is 0.822. The predicted octanol–water partition coefficient (Wildman–Crippen LogP) is 2.71. The molecule has 3 unspecified atom stereocenters. The Morgan fingerprint density at radius 2 is 2.22 bits per heavy atom. The van der Waals surface area contributed by atoms with Crippen LogP contribution in [0.5, 0.6) is 0 Å². The molecular weight excluding hydrogens is 232 g/mol. The van der Waals surface area contributed by atoms with Crippen LogP contribution in [0, 0.1) is 11.8 Å². The van der Waals surface area contributed by atoms with Gasteiger partial charge in [0.25, 0.3) is 0 Å². The number of hydrogen-bond acceptors (Lipinski definition) is 4. The summed E-state index contributed by atoms with van der Waals surface area (Å²) < 4.78 is 10.1. The van der Waals surface area contributed by atoms with Gasteiger partial charge in [0, 0.05) is 0 Å². The van der Waals surface area contributed by atoms with E-state index in [4.69, 9.17) is 4.42 Å². The molecule has 1 aliphatic carbocycles. The highest BCUT2D eigenvalue weighted by Gasteiger charge is 2.43. The molecule has 1 heterocycles. The van der Waals surface area contributed by atoms with Crippen molar-refractivity contribution >= 4 is 5.97 Å².